The van der Waals surface area contributed by atoms with Crippen LogP contribution in [0, 0.1) is 11.8 Å². The summed E-state index contributed by atoms with van der Waals surface area (Å²) in [6.07, 6.45) is 3.21. The van der Waals surface area contributed by atoms with Crippen molar-refractivity contribution in [3.63, 3.8) is 0 Å². The Morgan fingerprint density at radius 3 is 2.88 bits per heavy atom. The SMILES string of the molecule is CCc1cnc(CNC(=O)[C@H]2C[C@@H]2C(=O)O)s1. The van der Waals surface area contributed by atoms with Gasteiger partial charge in [-0.25, -0.2) is 4.98 Å². The molecule has 0 radical (unpaired) electrons. The molecule has 1 aliphatic carbocycles. The maximum absolute atomic E-state index is 11.6. The number of aliphatic carboxylic acids is 1. The number of nitrogens with one attached hydrogen (secondary N) is 1. The third kappa shape index (κ3) is 2.82. The summed E-state index contributed by atoms with van der Waals surface area (Å²) in [5.41, 5.74) is 0. The third-order valence-corrected chi connectivity index (χ3v) is 3.95. The molecule has 5 nitrogen and oxygen atoms in total. The predicted octanol–water partition coefficient (Wildman–Crippen LogP) is 1.04. The van der Waals surface area contributed by atoms with Crippen LogP contribution in [0.3, 0.4) is 0 Å². The van der Waals surface area contributed by atoms with Crippen LogP contribution in [-0.4, -0.2) is 22.0 Å². The van der Waals surface area contributed by atoms with Gasteiger partial charge in [-0.05, 0) is 12.8 Å². The van der Waals surface area contributed by atoms with Gasteiger partial charge >= 0.3 is 5.97 Å². The van der Waals surface area contributed by atoms with Crippen molar-refractivity contribution in [1.82, 2.24) is 10.3 Å². The molecule has 0 saturated heterocycles. The Balaban J connectivity index is 1.79. The van der Waals surface area contributed by atoms with Crippen LogP contribution in [0.1, 0.15) is 23.2 Å². The summed E-state index contributed by atoms with van der Waals surface area (Å²) >= 11 is 1.57. The zero-order valence-corrected chi connectivity index (χ0v) is 10.3. The lowest BCUT2D eigenvalue weighted by atomic mass is 10.3. The summed E-state index contributed by atoms with van der Waals surface area (Å²) in [6, 6.07) is 0. The number of carboxylic acid groups (broad SMARTS) is 1. The van der Waals surface area contributed by atoms with E-state index in [2.05, 4.69) is 17.2 Å². The van der Waals surface area contributed by atoms with E-state index in [9.17, 15) is 9.59 Å². The van der Waals surface area contributed by atoms with Crippen molar-refractivity contribution in [3.05, 3.63) is 16.1 Å². The average Bonchev–Trinajstić information content (AvgIpc) is 2.99. The van der Waals surface area contributed by atoms with E-state index in [1.807, 2.05) is 6.20 Å². The Kier molecular flexibility index (Phi) is 3.42. The quantitative estimate of drug-likeness (QED) is 0.823. The first-order valence-electron chi connectivity index (χ1n) is 5.56. The summed E-state index contributed by atoms with van der Waals surface area (Å²) in [5.74, 6) is -1.89. The number of aromatic nitrogens is 1. The number of thiazole rings is 1. The van der Waals surface area contributed by atoms with E-state index in [0.717, 1.165) is 11.4 Å². The van der Waals surface area contributed by atoms with Gasteiger partial charge < -0.3 is 10.4 Å². The maximum Gasteiger partial charge on any atom is 0.307 e. The number of carboxylic acids is 1. The molecular weight excluding hydrogens is 240 g/mol. The predicted molar refractivity (Wildman–Crippen MR) is 62.6 cm³/mol. The van der Waals surface area contributed by atoms with Crippen molar-refractivity contribution >= 4 is 23.2 Å². The van der Waals surface area contributed by atoms with Crippen molar-refractivity contribution in [1.29, 1.82) is 0 Å². The van der Waals surface area contributed by atoms with Crippen molar-refractivity contribution in [2.45, 2.75) is 26.3 Å². The molecule has 1 fully saturated rings. The first-order chi connectivity index (χ1) is 8.11. The van der Waals surface area contributed by atoms with E-state index in [4.69, 9.17) is 5.11 Å². The molecule has 6 heteroatoms. The highest BCUT2D eigenvalue weighted by Gasteiger charge is 2.48. The second-order valence-corrected chi connectivity index (χ2v) is 5.28. The molecule has 1 heterocycles. The average molecular weight is 254 g/mol. The topological polar surface area (TPSA) is 79.3 Å². The first-order valence-corrected chi connectivity index (χ1v) is 6.37. The van der Waals surface area contributed by atoms with E-state index in [1.54, 1.807) is 11.3 Å². The first kappa shape index (κ1) is 12.0. The normalized spacial score (nSPS) is 22.2. The van der Waals surface area contributed by atoms with Gasteiger partial charge in [-0.1, -0.05) is 6.92 Å². The lowest BCUT2D eigenvalue weighted by Crippen LogP contribution is -2.25. The van der Waals surface area contributed by atoms with Gasteiger partial charge in [0.2, 0.25) is 5.91 Å². The van der Waals surface area contributed by atoms with Crippen molar-refractivity contribution in [2.75, 3.05) is 0 Å². The molecule has 0 bridgehead atoms. The summed E-state index contributed by atoms with van der Waals surface area (Å²) in [6.45, 7) is 2.45. The molecule has 0 aliphatic heterocycles. The third-order valence-electron chi connectivity index (χ3n) is 2.81. The molecule has 2 N–H and O–H groups in total. The Morgan fingerprint density at radius 1 is 1.59 bits per heavy atom. The van der Waals surface area contributed by atoms with Gasteiger partial charge in [0.05, 0.1) is 18.4 Å². The fraction of sp³-hybridized carbons (Fsp3) is 0.545. The highest BCUT2D eigenvalue weighted by Crippen LogP contribution is 2.38. The second kappa shape index (κ2) is 4.83. The molecule has 0 aromatic carbocycles. The van der Waals surface area contributed by atoms with E-state index < -0.39 is 11.9 Å². The molecule has 1 aromatic heterocycles. The van der Waals surface area contributed by atoms with Crippen LogP contribution in [0.5, 0.6) is 0 Å². The minimum absolute atomic E-state index is 0.175. The lowest BCUT2D eigenvalue weighted by Gasteiger charge is -2.00. The number of hydrogen-bond acceptors (Lipinski definition) is 4. The van der Waals surface area contributed by atoms with Crippen molar-refractivity contribution in [3.8, 4) is 0 Å². The molecule has 92 valence electrons. The Bertz CT molecular complexity index is 444. The fourth-order valence-electron chi connectivity index (χ4n) is 1.64. The smallest absolute Gasteiger partial charge is 0.307 e. The number of carbonyl (C=O) groups is 2. The van der Waals surface area contributed by atoms with Gasteiger partial charge in [0.1, 0.15) is 5.01 Å². The van der Waals surface area contributed by atoms with Gasteiger partial charge in [0, 0.05) is 11.1 Å². The molecule has 2 rings (SSSR count). The largest absolute Gasteiger partial charge is 0.481 e. The van der Waals surface area contributed by atoms with Gasteiger partial charge in [0.15, 0.2) is 0 Å². The molecule has 1 aliphatic rings. The summed E-state index contributed by atoms with van der Waals surface area (Å²) in [7, 11) is 0. The van der Waals surface area contributed by atoms with Gasteiger partial charge in [0.25, 0.3) is 0 Å². The number of hydrogen-bond donors (Lipinski definition) is 2. The molecule has 0 unspecified atom stereocenters. The van der Waals surface area contributed by atoms with Crippen LogP contribution in [0.15, 0.2) is 6.20 Å². The highest BCUT2D eigenvalue weighted by atomic mass is 32.1. The molecule has 2 atom stereocenters. The highest BCUT2D eigenvalue weighted by molar-refractivity contribution is 7.11. The Morgan fingerprint density at radius 2 is 2.35 bits per heavy atom. The molecule has 0 spiro atoms. The van der Waals surface area contributed by atoms with E-state index in [0.29, 0.717) is 13.0 Å². The minimum atomic E-state index is -0.882. The van der Waals surface area contributed by atoms with E-state index in [1.165, 1.54) is 4.88 Å². The maximum atomic E-state index is 11.6. The van der Waals surface area contributed by atoms with Crippen LogP contribution in [-0.2, 0) is 22.6 Å². The van der Waals surface area contributed by atoms with Crippen LogP contribution in [0.2, 0.25) is 0 Å². The number of amides is 1. The zero-order chi connectivity index (χ0) is 12.4. The van der Waals surface area contributed by atoms with Gasteiger partial charge in [-0.2, -0.15) is 0 Å². The summed E-state index contributed by atoms with van der Waals surface area (Å²) in [4.78, 5) is 27.5. The van der Waals surface area contributed by atoms with Gasteiger partial charge in [-0.3, -0.25) is 9.59 Å². The lowest BCUT2D eigenvalue weighted by molar-refractivity contribution is -0.140. The fourth-order valence-corrected chi connectivity index (χ4v) is 2.45. The van der Waals surface area contributed by atoms with Crippen LogP contribution < -0.4 is 5.32 Å². The molecule has 1 amide bonds. The van der Waals surface area contributed by atoms with Crippen molar-refractivity contribution < 1.29 is 14.7 Å². The zero-order valence-electron chi connectivity index (χ0n) is 9.47. The molecular formula is C11H14N2O3S. The second-order valence-electron chi connectivity index (χ2n) is 4.08. The number of aryl methyl sites for hydroxylation is 1. The molecule has 1 aromatic rings. The monoisotopic (exact) mass is 254 g/mol. The number of rotatable bonds is 5. The standard InChI is InChI=1S/C11H14N2O3S/c1-2-6-4-12-9(17-6)5-13-10(14)7-3-8(7)11(15)16/h4,7-8H,2-3,5H2,1H3,(H,13,14)(H,15,16)/t7-,8-/m0/s1. The Labute approximate surface area is 103 Å². The number of carbonyl (C=O) groups excluding carboxylic acids is 1. The minimum Gasteiger partial charge on any atom is -0.481 e. The van der Waals surface area contributed by atoms with Crippen molar-refractivity contribution in [2.24, 2.45) is 11.8 Å². The van der Waals surface area contributed by atoms with Crippen LogP contribution in [0.25, 0.3) is 0 Å². The van der Waals surface area contributed by atoms with E-state index in [-0.39, 0.29) is 11.8 Å². The summed E-state index contributed by atoms with van der Waals surface area (Å²) < 4.78 is 0. The van der Waals surface area contributed by atoms with Crippen LogP contribution in [0.4, 0.5) is 0 Å². The molecule has 1 saturated carbocycles. The Hall–Kier alpha value is -1.43. The number of nitrogens with zero attached hydrogens (tertiary/aromatic N) is 1. The summed E-state index contributed by atoms with van der Waals surface area (Å²) in [5, 5.41) is 12.3. The van der Waals surface area contributed by atoms with Gasteiger partial charge in [-0.15, -0.1) is 11.3 Å². The molecule has 17 heavy (non-hydrogen) atoms. The van der Waals surface area contributed by atoms with Crippen LogP contribution >= 0.6 is 11.3 Å². The van der Waals surface area contributed by atoms with E-state index >= 15 is 0 Å².